The molecule has 0 aromatic carbocycles. The monoisotopic (exact) mass is 346 g/mol. The van der Waals surface area contributed by atoms with Gasteiger partial charge < -0.3 is 4.74 Å². The van der Waals surface area contributed by atoms with Crippen LogP contribution in [0, 0.1) is 12.8 Å². The van der Waals surface area contributed by atoms with Gasteiger partial charge >= 0.3 is 0 Å². The molecular formula is C14H20BrClN2O. The highest BCUT2D eigenvalue weighted by Gasteiger charge is 2.40. The molecular weight excluding hydrogens is 328 g/mol. The van der Waals surface area contributed by atoms with Crippen molar-refractivity contribution < 1.29 is 4.74 Å². The number of nitrogens with zero attached hydrogens (tertiary/aromatic N) is 2. The largest absolute Gasteiger partial charge is 0.367 e. The molecule has 0 N–H and O–H groups in total. The third kappa shape index (κ3) is 3.11. The first kappa shape index (κ1) is 15.2. The fourth-order valence-electron chi connectivity index (χ4n) is 2.91. The van der Waals surface area contributed by atoms with E-state index < -0.39 is 0 Å². The van der Waals surface area contributed by atoms with Crippen LogP contribution in [0.15, 0.2) is 4.47 Å². The summed E-state index contributed by atoms with van der Waals surface area (Å²) in [5.41, 5.74) is 0.508. The molecule has 2 atom stereocenters. The quantitative estimate of drug-likeness (QED) is 0.747. The van der Waals surface area contributed by atoms with Crippen molar-refractivity contribution in [3.63, 3.8) is 0 Å². The Hall–Kier alpha value is -0.190. The minimum Gasteiger partial charge on any atom is -0.367 e. The molecule has 1 heterocycles. The number of aromatic nitrogens is 2. The fourth-order valence-corrected chi connectivity index (χ4v) is 3.30. The van der Waals surface area contributed by atoms with Gasteiger partial charge in [0.2, 0.25) is 0 Å². The smallest absolute Gasteiger partial charge is 0.162 e. The highest BCUT2D eigenvalue weighted by molar-refractivity contribution is 9.10. The van der Waals surface area contributed by atoms with Gasteiger partial charge in [-0.3, -0.25) is 0 Å². The third-order valence-corrected chi connectivity index (χ3v) is 5.21. The summed E-state index contributed by atoms with van der Waals surface area (Å²) in [7, 11) is 0. The van der Waals surface area contributed by atoms with Crippen molar-refractivity contribution in [2.24, 2.45) is 5.92 Å². The average Bonchev–Trinajstić information content (AvgIpc) is 2.35. The van der Waals surface area contributed by atoms with Crippen LogP contribution >= 0.6 is 27.5 Å². The van der Waals surface area contributed by atoms with E-state index in [4.69, 9.17) is 16.3 Å². The Bertz CT molecular complexity index is 442. The Morgan fingerprint density at radius 1 is 1.47 bits per heavy atom. The molecule has 1 saturated carbocycles. The summed E-state index contributed by atoms with van der Waals surface area (Å²) in [6, 6.07) is 0. The van der Waals surface area contributed by atoms with E-state index in [1.807, 2.05) is 13.8 Å². The number of hydrogen-bond donors (Lipinski definition) is 0. The summed E-state index contributed by atoms with van der Waals surface area (Å²) in [6.45, 7) is 6.89. The zero-order valence-corrected chi connectivity index (χ0v) is 14.0. The molecule has 2 unspecified atom stereocenters. The number of aryl methyl sites for hydroxylation is 1. The van der Waals surface area contributed by atoms with Gasteiger partial charge in [-0.05, 0) is 55.0 Å². The van der Waals surface area contributed by atoms with Gasteiger partial charge in [-0.15, -0.1) is 0 Å². The maximum absolute atomic E-state index is 6.18. The number of rotatable bonds is 3. The number of ether oxygens (including phenoxy) is 1. The second-order valence-corrected chi connectivity index (χ2v) is 6.52. The van der Waals surface area contributed by atoms with Gasteiger partial charge in [-0.2, -0.15) is 0 Å². The molecule has 1 aliphatic rings. The summed E-state index contributed by atoms with van der Waals surface area (Å²) in [5, 5.41) is 0.472. The fraction of sp³-hybridized carbons (Fsp3) is 0.714. The summed E-state index contributed by atoms with van der Waals surface area (Å²) < 4.78 is 6.85. The minimum atomic E-state index is -0.360. The Balaban J connectivity index is 2.44. The van der Waals surface area contributed by atoms with Crippen LogP contribution in [0.4, 0.5) is 0 Å². The molecule has 2 rings (SSSR count). The van der Waals surface area contributed by atoms with E-state index in [0.717, 1.165) is 35.3 Å². The van der Waals surface area contributed by atoms with E-state index >= 15 is 0 Å². The molecule has 1 aliphatic carbocycles. The van der Waals surface area contributed by atoms with Gasteiger partial charge in [0.05, 0.1) is 10.2 Å². The first-order valence-corrected chi connectivity index (χ1v) is 7.99. The standard InChI is InChI=1S/C14H20BrClN2O/c1-4-19-14(7-5-6-9(2)8-14)13-17-10(3)11(15)12(16)18-13/h9H,4-8H2,1-3H3. The van der Waals surface area contributed by atoms with E-state index in [0.29, 0.717) is 17.7 Å². The lowest BCUT2D eigenvalue weighted by Crippen LogP contribution is -2.37. The lowest BCUT2D eigenvalue weighted by molar-refractivity contribution is -0.0882. The van der Waals surface area contributed by atoms with Crippen LogP contribution in [-0.4, -0.2) is 16.6 Å². The van der Waals surface area contributed by atoms with Crippen molar-refractivity contribution in [2.75, 3.05) is 6.61 Å². The van der Waals surface area contributed by atoms with Crippen molar-refractivity contribution in [1.82, 2.24) is 9.97 Å². The SMILES string of the molecule is CCOC1(c2nc(C)c(Br)c(Cl)n2)CCCC(C)C1. The van der Waals surface area contributed by atoms with Crippen LogP contribution in [0.2, 0.25) is 5.15 Å². The van der Waals surface area contributed by atoms with Crippen molar-refractivity contribution in [3.05, 3.63) is 21.1 Å². The normalized spacial score (nSPS) is 27.5. The van der Waals surface area contributed by atoms with Gasteiger partial charge in [0.25, 0.3) is 0 Å². The Labute approximate surface area is 128 Å². The molecule has 3 nitrogen and oxygen atoms in total. The van der Waals surface area contributed by atoms with Crippen LogP contribution in [-0.2, 0) is 10.3 Å². The van der Waals surface area contributed by atoms with E-state index in [1.165, 1.54) is 6.42 Å². The number of halogens is 2. The van der Waals surface area contributed by atoms with Crippen molar-refractivity contribution >= 4 is 27.5 Å². The molecule has 1 aromatic rings. The molecule has 0 amide bonds. The molecule has 5 heteroatoms. The maximum atomic E-state index is 6.18. The summed E-state index contributed by atoms with van der Waals surface area (Å²) >= 11 is 9.59. The molecule has 19 heavy (non-hydrogen) atoms. The molecule has 1 aromatic heterocycles. The predicted octanol–water partition coefficient (Wildman–Crippen LogP) is 4.64. The van der Waals surface area contributed by atoms with E-state index in [1.54, 1.807) is 0 Å². The maximum Gasteiger partial charge on any atom is 0.162 e. The Morgan fingerprint density at radius 2 is 2.21 bits per heavy atom. The molecule has 0 radical (unpaired) electrons. The van der Waals surface area contributed by atoms with E-state index in [-0.39, 0.29) is 5.60 Å². The predicted molar refractivity (Wildman–Crippen MR) is 80.4 cm³/mol. The van der Waals surface area contributed by atoms with Crippen LogP contribution in [0.3, 0.4) is 0 Å². The molecule has 0 saturated heterocycles. The van der Waals surface area contributed by atoms with Crippen LogP contribution in [0.25, 0.3) is 0 Å². The Morgan fingerprint density at radius 3 is 2.79 bits per heavy atom. The van der Waals surface area contributed by atoms with Gasteiger partial charge in [0.1, 0.15) is 10.8 Å². The lowest BCUT2D eigenvalue weighted by Gasteiger charge is -2.38. The topological polar surface area (TPSA) is 35.0 Å². The first-order valence-electron chi connectivity index (χ1n) is 6.82. The highest BCUT2D eigenvalue weighted by Crippen LogP contribution is 2.42. The van der Waals surface area contributed by atoms with Crippen LogP contribution < -0.4 is 0 Å². The highest BCUT2D eigenvalue weighted by atomic mass is 79.9. The zero-order valence-electron chi connectivity index (χ0n) is 11.7. The number of hydrogen-bond acceptors (Lipinski definition) is 3. The van der Waals surface area contributed by atoms with Gasteiger partial charge in [-0.25, -0.2) is 9.97 Å². The van der Waals surface area contributed by atoms with E-state index in [9.17, 15) is 0 Å². The van der Waals surface area contributed by atoms with Gasteiger partial charge in [0, 0.05) is 6.61 Å². The molecule has 106 valence electrons. The summed E-state index contributed by atoms with van der Waals surface area (Å²) in [5.74, 6) is 1.37. The van der Waals surface area contributed by atoms with Gasteiger partial charge in [-0.1, -0.05) is 24.9 Å². The second-order valence-electron chi connectivity index (χ2n) is 5.37. The minimum absolute atomic E-state index is 0.360. The van der Waals surface area contributed by atoms with E-state index in [2.05, 4.69) is 32.8 Å². The van der Waals surface area contributed by atoms with Crippen molar-refractivity contribution in [2.45, 2.75) is 52.1 Å². The third-order valence-electron chi connectivity index (χ3n) is 3.76. The van der Waals surface area contributed by atoms with Crippen molar-refractivity contribution in [3.8, 4) is 0 Å². The van der Waals surface area contributed by atoms with Crippen LogP contribution in [0.1, 0.15) is 51.0 Å². The van der Waals surface area contributed by atoms with Crippen LogP contribution in [0.5, 0.6) is 0 Å². The lowest BCUT2D eigenvalue weighted by atomic mass is 9.78. The molecule has 1 fully saturated rings. The average molecular weight is 348 g/mol. The first-order chi connectivity index (χ1) is 8.98. The Kier molecular flexibility index (Phi) is 4.85. The molecule has 0 spiro atoms. The van der Waals surface area contributed by atoms with Crippen molar-refractivity contribution in [1.29, 1.82) is 0 Å². The van der Waals surface area contributed by atoms with Gasteiger partial charge in [0.15, 0.2) is 5.82 Å². The molecule has 0 bridgehead atoms. The molecule has 0 aliphatic heterocycles. The summed E-state index contributed by atoms with van der Waals surface area (Å²) in [4.78, 5) is 9.08. The zero-order chi connectivity index (χ0) is 14.0. The second kappa shape index (κ2) is 6.06. The summed E-state index contributed by atoms with van der Waals surface area (Å²) in [6.07, 6.45) is 4.34.